The van der Waals surface area contributed by atoms with Crippen molar-refractivity contribution in [1.82, 2.24) is 15.4 Å². The number of likely N-dealkylation sites (N-methyl/N-ethyl adjacent to an activating group) is 1. The summed E-state index contributed by atoms with van der Waals surface area (Å²) in [4.78, 5) is 17.7. The minimum Gasteiger partial charge on any atom is -0.378 e. The lowest BCUT2D eigenvalue weighted by Crippen LogP contribution is -2.41. The van der Waals surface area contributed by atoms with Gasteiger partial charge in [-0.3, -0.25) is 9.69 Å². The van der Waals surface area contributed by atoms with E-state index in [-0.39, 0.29) is 5.91 Å². The highest BCUT2D eigenvalue weighted by Crippen LogP contribution is 2.32. The van der Waals surface area contributed by atoms with Crippen molar-refractivity contribution in [2.75, 3.05) is 50.8 Å². The van der Waals surface area contributed by atoms with Crippen molar-refractivity contribution in [3.05, 3.63) is 35.9 Å². The van der Waals surface area contributed by atoms with Crippen LogP contribution in [0.25, 0.3) is 11.3 Å². The van der Waals surface area contributed by atoms with E-state index in [9.17, 15) is 4.79 Å². The van der Waals surface area contributed by atoms with Crippen LogP contribution in [0.4, 0.5) is 5.82 Å². The molecule has 1 aromatic heterocycles. The number of carbonyl (C=O) groups excluding carboxylic acids is 1. The second-order valence-electron chi connectivity index (χ2n) is 7.31. The number of morpholine rings is 1. The van der Waals surface area contributed by atoms with Crippen LogP contribution in [0.2, 0.25) is 0 Å². The van der Waals surface area contributed by atoms with E-state index in [0.29, 0.717) is 56.0 Å². The van der Waals surface area contributed by atoms with Gasteiger partial charge in [0.25, 0.3) is 5.91 Å². The molecular formula is C21H28N4O3. The Morgan fingerprint density at radius 1 is 1.21 bits per heavy atom. The predicted molar refractivity (Wildman–Crippen MR) is 108 cm³/mol. The Labute approximate surface area is 165 Å². The number of ether oxygens (including phenoxy) is 1. The van der Waals surface area contributed by atoms with Gasteiger partial charge >= 0.3 is 0 Å². The number of anilines is 1. The van der Waals surface area contributed by atoms with E-state index in [0.717, 1.165) is 25.1 Å². The van der Waals surface area contributed by atoms with Crippen molar-refractivity contribution in [2.45, 2.75) is 25.8 Å². The van der Waals surface area contributed by atoms with Crippen LogP contribution in [0.5, 0.6) is 0 Å². The van der Waals surface area contributed by atoms with Crippen LogP contribution in [-0.2, 0) is 4.74 Å². The summed E-state index contributed by atoms with van der Waals surface area (Å²) < 4.78 is 11.1. The van der Waals surface area contributed by atoms with Crippen molar-refractivity contribution >= 4 is 11.7 Å². The van der Waals surface area contributed by atoms with E-state index in [4.69, 9.17) is 9.26 Å². The van der Waals surface area contributed by atoms with Gasteiger partial charge in [-0.15, -0.1) is 0 Å². The van der Waals surface area contributed by atoms with E-state index in [1.165, 1.54) is 6.42 Å². The number of aromatic nitrogens is 1. The van der Waals surface area contributed by atoms with E-state index in [2.05, 4.69) is 27.2 Å². The monoisotopic (exact) mass is 384 g/mol. The molecule has 7 heteroatoms. The number of carbonyl (C=O) groups is 1. The Hall–Kier alpha value is -2.38. The summed E-state index contributed by atoms with van der Waals surface area (Å²) in [6, 6.07) is 10.1. The summed E-state index contributed by atoms with van der Waals surface area (Å²) in [7, 11) is 0. The van der Waals surface area contributed by atoms with Crippen molar-refractivity contribution < 1.29 is 14.1 Å². The minimum absolute atomic E-state index is 0.121. The quantitative estimate of drug-likeness (QED) is 0.825. The lowest BCUT2D eigenvalue weighted by atomic mass is 10.1. The zero-order valence-electron chi connectivity index (χ0n) is 16.4. The number of nitrogens with one attached hydrogen (secondary N) is 1. The molecular weight excluding hydrogens is 356 g/mol. The van der Waals surface area contributed by atoms with Gasteiger partial charge in [0.2, 0.25) is 0 Å². The Bertz CT molecular complexity index is 786. The van der Waals surface area contributed by atoms with E-state index in [1.807, 2.05) is 30.3 Å². The number of amides is 1. The third kappa shape index (κ3) is 3.91. The van der Waals surface area contributed by atoms with Crippen molar-refractivity contribution in [1.29, 1.82) is 0 Å². The zero-order valence-corrected chi connectivity index (χ0v) is 16.4. The normalized spacial score (nSPS) is 20.5. The van der Waals surface area contributed by atoms with E-state index < -0.39 is 0 Å². The molecule has 0 saturated carbocycles. The van der Waals surface area contributed by atoms with E-state index in [1.54, 1.807) is 0 Å². The van der Waals surface area contributed by atoms with Crippen molar-refractivity contribution in [3.8, 4) is 11.3 Å². The first-order chi connectivity index (χ1) is 13.8. The molecule has 0 aliphatic carbocycles. The second-order valence-corrected chi connectivity index (χ2v) is 7.31. The van der Waals surface area contributed by atoms with Gasteiger partial charge in [0.05, 0.1) is 13.2 Å². The molecule has 1 aromatic carbocycles. The maximum absolute atomic E-state index is 13.2. The van der Waals surface area contributed by atoms with Crippen LogP contribution in [0.1, 0.15) is 30.1 Å². The van der Waals surface area contributed by atoms with Gasteiger partial charge in [-0.25, -0.2) is 0 Å². The molecule has 3 heterocycles. The average molecular weight is 384 g/mol. The second kappa shape index (κ2) is 8.75. The Kier molecular flexibility index (Phi) is 5.92. The molecule has 28 heavy (non-hydrogen) atoms. The minimum atomic E-state index is -0.121. The van der Waals surface area contributed by atoms with Gasteiger partial charge < -0.3 is 19.5 Å². The van der Waals surface area contributed by atoms with E-state index >= 15 is 0 Å². The fraction of sp³-hybridized carbons (Fsp3) is 0.524. The molecule has 1 amide bonds. The van der Waals surface area contributed by atoms with Crippen LogP contribution in [0.3, 0.4) is 0 Å². The molecule has 0 radical (unpaired) electrons. The summed E-state index contributed by atoms with van der Waals surface area (Å²) in [6.07, 6.45) is 2.32. The summed E-state index contributed by atoms with van der Waals surface area (Å²) in [5, 5.41) is 7.41. The number of hydrogen-bond acceptors (Lipinski definition) is 6. The first kappa shape index (κ1) is 19.0. The third-order valence-corrected chi connectivity index (χ3v) is 5.65. The molecule has 150 valence electrons. The Morgan fingerprint density at radius 2 is 2.00 bits per heavy atom. The van der Waals surface area contributed by atoms with Crippen LogP contribution in [0.15, 0.2) is 34.9 Å². The molecule has 2 fully saturated rings. The Morgan fingerprint density at radius 3 is 2.75 bits per heavy atom. The molecule has 7 nitrogen and oxygen atoms in total. The highest BCUT2D eigenvalue weighted by molar-refractivity contribution is 6.04. The largest absolute Gasteiger partial charge is 0.378 e. The fourth-order valence-corrected chi connectivity index (χ4v) is 4.11. The summed E-state index contributed by atoms with van der Waals surface area (Å²) in [5.41, 5.74) is 1.38. The molecule has 2 aromatic rings. The van der Waals surface area contributed by atoms with Gasteiger partial charge in [-0.1, -0.05) is 42.4 Å². The average Bonchev–Trinajstić information content (AvgIpc) is 3.40. The molecule has 0 spiro atoms. The Balaban J connectivity index is 1.59. The molecule has 1 N–H and O–H groups in total. The smallest absolute Gasteiger partial charge is 0.259 e. The van der Waals surface area contributed by atoms with Gasteiger partial charge in [0, 0.05) is 31.2 Å². The fourth-order valence-electron chi connectivity index (χ4n) is 4.11. The summed E-state index contributed by atoms with van der Waals surface area (Å²) in [6.45, 7) is 7.60. The maximum Gasteiger partial charge on any atom is 0.259 e. The van der Waals surface area contributed by atoms with Crippen LogP contribution in [0, 0.1) is 0 Å². The molecule has 4 rings (SSSR count). The first-order valence-corrected chi connectivity index (χ1v) is 10.2. The molecule has 0 bridgehead atoms. The topological polar surface area (TPSA) is 70.8 Å². The van der Waals surface area contributed by atoms with Gasteiger partial charge in [0.15, 0.2) is 11.6 Å². The van der Waals surface area contributed by atoms with Crippen LogP contribution >= 0.6 is 0 Å². The van der Waals surface area contributed by atoms with Gasteiger partial charge in [-0.05, 0) is 25.9 Å². The van der Waals surface area contributed by atoms with Crippen molar-refractivity contribution in [2.24, 2.45) is 0 Å². The predicted octanol–water partition coefficient (Wildman–Crippen LogP) is 2.39. The molecule has 1 unspecified atom stereocenters. The standard InChI is InChI=1S/C21H28N4O3/c1-2-24-10-6-9-17(24)15-22-21(26)18-19(16-7-4-3-5-8-16)28-23-20(18)25-11-13-27-14-12-25/h3-5,7-8,17H,2,6,9-15H2,1H3,(H,22,26). The number of hydrogen-bond donors (Lipinski definition) is 1. The maximum atomic E-state index is 13.2. The molecule has 2 saturated heterocycles. The number of benzene rings is 1. The number of nitrogens with zero attached hydrogens (tertiary/aromatic N) is 3. The van der Waals surface area contributed by atoms with Crippen LogP contribution in [-0.4, -0.2) is 67.9 Å². The van der Waals surface area contributed by atoms with Crippen molar-refractivity contribution in [3.63, 3.8) is 0 Å². The van der Waals surface area contributed by atoms with Gasteiger partial charge in [-0.2, -0.15) is 0 Å². The SMILES string of the molecule is CCN1CCCC1CNC(=O)c1c(N2CCOCC2)noc1-c1ccccc1. The van der Waals surface area contributed by atoms with Gasteiger partial charge in [0.1, 0.15) is 5.56 Å². The lowest BCUT2D eigenvalue weighted by Gasteiger charge is -2.27. The number of rotatable bonds is 6. The summed E-state index contributed by atoms with van der Waals surface area (Å²) >= 11 is 0. The first-order valence-electron chi connectivity index (χ1n) is 10.2. The zero-order chi connectivity index (χ0) is 19.3. The number of likely N-dealkylation sites (tertiary alicyclic amines) is 1. The van der Waals surface area contributed by atoms with Crippen LogP contribution < -0.4 is 10.2 Å². The highest BCUT2D eigenvalue weighted by Gasteiger charge is 2.30. The highest BCUT2D eigenvalue weighted by atomic mass is 16.5. The third-order valence-electron chi connectivity index (χ3n) is 5.65. The lowest BCUT2D eigenvalue weighted by molar-refractivity contribution is 0.0940. The molecule has 2 aliphatic heterocycles. The summed E-state index contributed by atoms with van der Waals surface area (Å²) in [5.74, 6) is 1.02. The molecule has 1 atom stereocenters. The molecule has 2 aliphatic rings.